The van der Waals surface area contributed by atoms with Gasteiger partial charge in [0, 0.05) is 13.1 Å². The Labute approximate surface area is 176 Å². The van der Waals surface area contributed by atoms with Crippen LogP contribution in [0.5, 0.6) is 17.2 Å². The molecule has 0 spiro atoms. The summed E-state index contributed by atoms with van der Waals surface area (Å²) in [6, 6.07) is 11.4. The van der Waals surface area contributed by atoms with Gasteiger partial charge in [-0.3, -0.25) is 4.79 Å². The zero-order chi connectivity index (χ0) is 21.6. The topological polar surface area (TPSA) is 94.2 Å². The van der Waals surface area contributed by atoms with Crippen LogP contribution in [0.2, 0.25) is 0 Å². The van der Waals surface area contributed by atoms with Crippen LogP contribution in [0, 0.1) is 0 Å². The van der Waals surface area contributed by atoms with Crippen molar-refractivity contribution in [2.45, 2.75) is 24.2 Å². The molecule has 8 nitrogen and oxygen atoms in total. The molecule has 0 aliphatic carbocycles. The average molecular weight is 435 g/mol. The summed E-state index contributed by atoms with van der Waals surface area (Å²) in [4.78, 5) is 12.5. The molecule has 9 heteroatoms. The number of hydrogen-bond donors (Lipinski definition) is 1. The number of ether oxygens (including phenoxy) is 3. The molecular formula is C21H26N2O6S. The highest BCUT2D eigenvalue weighted by Crippen LogP contribution is 2.30. The maximum Gasteiger partial charge on any atom is 0.262 e. The quantitative estimate of drug-likeness (QED) is 0.687. The van der Waals surface area contributed by atoms with Crippen LogP contribution in [0.3, 0.4) is 0 Å². The highest BCUT2D eigenvalue weighted by atomic mass is 32.2. The third-order valence-electron chi connectivity index (χ3n) is 4.83. The third-order valence-corrected chi connectivity index (χ3v) is 6.72. The Balaban J connectivity index is 1.74. The first kappa shape index (κ1) is 21.9. The lowest BCUT2D eigenvalue weighted by Gasteiger charge is -2.26. The molecule has 3 rings (SSSR count). The van der Waals surface area contributed by atoms with Crippen molar-refractivity contribution in [2.75, 3.05) is 39.2 Å². The minimum absolute atomic E-state index is 0.117. The number of amides is 1. The van der Waals surface area contributed by atoms with E-state index in [9.17, 15) is 13.2 Å². The fourth-order valence-electron chi connectivity index (χ4n) is 3.27. The Hall–Kier alpha value is -2.78. The van der Waals surface area contributed by atoms with Crippen LogP contribution in [-0.2, 0) is 14.8 Å². The van der Waals surface area contributed by atoms with Gasteiger partial charge in [0.25, 0.3) is 5.91 Å². The van der Waals surface area contributed by atoms with E-state index < -0.39 is 15.9 Å². The van der Waals surface area contributed by atoms with Crippen molar-refractivity contribution in [2.24, 2.45) is 0 Å². The second kappa shape index (κ2) is 9.82. The van der Waals surface area contributed by atoms with Crippen molar-refractivity contribution in [3.05, 3.63) is 42.5 Å². The third kappa shape index (κ3) is 5.03. The maximum atomic E-state index is 12.9. The molecule has 1 heterocycles. The molecule has 1 fully saturated rings. The van der Waals surface area contributed by atoms with Gasteiger partial charge in [-0.2, -0.15) is 4.31 Å². The molecule has 0 unspecified atom stereocenters. The van der Waals surface area contributed by atoms with Crippen LogP contribution in [0.1, 0.15) is 19.3 Å². The minimum Gasteiger partial charge on any atom is -0.495 e. The van der Waals surface area contributed by atoms with Crippen LogP contribution < -0.4 is 19.5 Å². The number of benzene rings is 2. The van der Waals surface area contributed by atoms with Crippen molar-refractivity contribution >= 4 is 21.6 Å². The van der Waals surface area contributed by atoms with Crippen molar-refractivity contribution in [3.63, 3.8) is 0 Å². The molecule has 0 bridgehead atoms. The molecule has 2 aromatic carbocycles. The molecule has 1 amide bonds. The van der Waals surface area contributed by atoms with Crippen molar-refractivity contribution in [1.82, 2.24) is 4.31 Å². The fraction of sp³-hybridized carbons (Fsp3) is 0.381. The summed E-state index contributed by atoms with van der Waals surface area (Å²) in [6.45, 7) is 0.734. The number of carbonyl (C=O) groups excluding carboxylic acids is 1. The van der Waals surface area contributed by atoms with Crippen molar-refractivity contribution in [1.29, 1.82) is 0 Å². The number of para-hydroxylation sites is 2. The second-order valence-electron chi connectivity index (χ2n) is 6.81. The van der Waals surface area contributed by atoms with Crippen molar-refractivity contribution < 1.29 is 27.4 Å². The smallest absolute Gasteiger partial charge is 0.262 e. The number of nitrogens with one attached hydrogen (secondary N) is 1. The molecule has 0 saturated carbocycles. The van der Waals surface area contributed by atoms with E-state index in [1.165, 1.54) is 36.7 Å². The lowest BCUT2D eigenvalue weighted by molar-refractivity contribution is -0.118. The van der Waals surface area contributed by atoms with Gasteiger partial charge in [-0.1, -0.05) is 18.6 Å². The number of nitrogens with zero attached hydrogens (tertiary/aromatic N) is 1. The monoisotopic (exact) mass is 434 g/mol. The Morgan fingerprint density at radius 2 is 1.63 bits per heavy atom. The van der Waals surface area contributed by atoms with Crippen LogP contribution in [0.4, 0.5) is 5.69 Å². The lowest BCUT2D eigenvalue weighted by atomic mass is 10.2. The standard InChI is InChI=1S/C21H26N2O6S/c1-27-18-11-10-16(30(25,26)23-12-6-3-7-13-23)14-17(18)22-21(24)15-29-20-9-5-4-8-19(20)28-2/h4-5,8-11,14H,3,6-7,12-13,15H2,1-2H3,(H,22,24). The van der Waals surface area contributed by atoms with E-state index in [2.05, 4.69) is 5.32 Å². The highest BCUT2D eigenvalue weighted by Gasteiger charge is 2.27. The Bertz CT molecular complexity index is 987. The van der Waals surface area contributed by atoms with Gasteiger partial charge in [0.1, 0.15) is 5.75 Å². The fourth-order valence-corrected chi connectivity index (χ4v) is 4.81. The largest absolute Gasteiger partial charge is 0.495 e. The van der Waals surface area contributed by atoms with E-state index in [0.29, 0.717) is 30.3 Å². The van der Waals surface area contributed by atoms with Gasteiger partial charge in [-0.25, -0.2) is 8.42 Å². The number of anilines is 1. The zero-order valence-corrected chi connectivity index (χ0v) is 17.9. The summed E-state index contributed by atoms with van der Waals surface area (Å²) in [6.07, 6.45) is 2.72. The Morgan fingerprint density at radius 3 is 2.30 bits per heavy atom. The minimum atomic E-state index is -3.63. The first-order valence-corrected chi connectivity index (χ1v) is 11.1. The van der Waals surface area contributed by atoms with E-state index >= 15 is 0 Å². The molecule has 0 radical (unpaired) electrons. The highest BCUT2D eigenvalue weighted by molar-refractivity contribution is 7.89. The van der Waals surface area contributed by atoms with Crippen LogP contribution >= 0.6 is 0 Å². The van der Waals surface area contributed by atoms with E-state index in [1.807, 2.05) is 0 Å². The number of hydrogen-bond acceptors (Lipinski definition) is 6. The Kier molecular flexibility index (Phi) is 7.17. The van der Waals surface area contributed by atoms with E-state index in [0.717, 1.165) is 19.3 Å². The number of rotatable bonds is 8. The molecule has 30 heavy (non-hydrogen) atoms. The molecule has 162 valence electrons. The molecule has 1 N–H and O–H groups in total. The van der Waals surface area contributed by atoms with Gasteiger partial charge in [-0.15, -0.1) is 0 Å². The molecule has 0 aromatic heterocycles. The number of sulfonamides is 1. The second-order valence-corrected chi connectivity index (χ2v) is 8.75. The zero-order valence-electron chi connectivity index (χ0n) is 17.1. The summed E-state index contributed by atoms with van der Waals surface area (Å²) in [5.41, 5.74) is 0.268. The predicted molar refractivity (Wildman–Crippen MR) is 113 cm³/mol. The first-order chi connectivity index (χ1) is 14.5. The van der Waals surface area contributed by atoms with Gasteiger partial charge in [0.05, 0.1) is 24.8 Å². The number of carbonyl (C=O) groups is 1. The molecule has 0 atom stereocenters. The normalized spacial score (nSPS) is 14.7. The molecule has 2 aromatic rings. The van der Waals surface area contributed by atoms with Crippen molar-refractivity contribution in [3.8, 4) is 17.2 Å². The lowest BCUT2D eigenvalue weighted by Crippen LogP contribution is -2.35. The van der Waals surface area contributed by atoms with E-state index in [1.54, 1.807) is 24.3 Å². The molecule has 1 aliphatic rings. The van der Waals surface area contributed by atoms with Gasteiger partial charge >= 0.3 is 0 Å². The summed E-state index contributed by atoms with van der Waals surface area (Å²) < 4.78 is 43.4. The van der Waals surface area contributed by atoms with Crippen LogP contribution in [0.25, 0.3) is 0 Å². The average Bonchev–Trinajstić information content (AvgIpc) is 2.78. The summed E-state index contributed by atoms with van der Waals surface area (Å²) in [7, 11) is -0.662. The molecule has 1 saturated heterocycles. The molecule has 1 aliphatic heterocycles. The van der Waals surface area contributed by atoms with Gasteiger partial charge in [0.15, 0.2) is 18.1 Å². The number of methoxy groups -OCH3 is 2. The first-order valence-electron chi connectivity index (χ1n) is 9.69. The summed E-state index contributed by atoms with van der Waals surface area (Å²) in [5.74, 6) is 0.853. The van der Waals surface area contributed by atoms with E-state index in [4.69, 9.17) is 14.2 Å². The SMILES string of the molecule is COc1ccc(S(=O)(=O)N2CCCCC2)cc1NC(=O)COc1ccccc1OC. The number of piperidine rings is 1. The molecular weight excluding hydrogens is 408 g/mol. The Morgan fingerprint density at radius 1 is 0.967 bits per heavy atom. The van der Waals surface area contributed by atoms with E-state index in [-0.39, 0.29) is 17.2 Å². The van der Waals surface area contributed by atoms with Crippen LogP contribution in [-0.4, -0.2) is 52.5 Å². The maximum absolute atomic E-state index is 12.9. The van der Waals surface area contributed by atoms with Gasteiger partial charge in [-0.05, 0) is 43.2 Å². The van der Waals surface area contributed by atoms with Gasteiger partial charge < -0.3 is 19.5 Å². The summed E-state index contributed by atoms with van der Waals surface area (Å²) in [5, 5.41) is 2.67. The van der Waals surface area contributed by atoms with Gasteiger partial charge in [0.2, 0.25) is 10.0 Å². The predicted octanol–water partition coefficient (Wildman–Crippen LogP) is 2.90. The van der Waals surface area contributed by atoms with Crippen LogP contribution in [0.15, 0.2) is 47.4 Å². The summed E-state index contributed by atoms with van der Waals surface area (Å²) >= 11 is 0.